The Morgan fingerprint density at radius 2 is 1.67 bits per heavy atom. The Hall–Kier alpha value is -3.72. The number of nitrogens with zero attached hydrogens (tertiary/aromatic N) is 2. The summed E-state index contributed by atoms with van der Waals surface area (Å²) in [7, 11) is -4.23. The van der Waals surface area contributed by atoms with Gasteiger partial charge in [0, 0.05) is 4.92 Å². The molecule has 0 N–H and O–H groups in total. The van der Waals surface area contributed by atoms with Gasteiger partial charge in [0.05, 0.1) is 29.5 Å². The molecule has 0 bridgehead atoms. The van der Waals surface area contributed by atoms with E-state index in [4.69, 9.17) is 4.74 Å². The van der Waals surface area contributed by atoms with Crippen molar-refractivity contribution in [3.63, 3.8) is 0 Å². The Morgan fingerprint density at radius 3 is 2.28 bits per heavy atom. The normalized spacial score (nSPS) is 19.4. The van der Waals surface area contributed by atoms with E-state index in [1.807, 2.05) is 6.92 Å². The lowest BCUT2D eigenvalue weighted by atomic mass is 9.77. The van der Waals surface area contributed by atoms with E-state index in [1.54, 1.807) is 74.5 Å². The lowest BCUT2D eigenvalue weighted by molar-refractivity contribution is -0.531. The summed E-state index contributed by atoms with van der Waals surface area (Å²) >= 11 is 0. The van der Waals surface area contributed by atoms with Crippen molar-refractivity contribution in [2.24, 2.45) is 0 Å². The first kappa shape index (κ1) is 25.4. The molecule has 0 fully saturated rings. The van der Waals surface area contributed by atoms with Crippen LogP contribution in [-0.4, -0.2) is 32.0 Å². The maximum absolute atomic E-state index is 14.2. The highest BCUT2D eigenvalue weighted by molar-refractivity contribution is 7.92. The van der Waals surface area contributed by atoms with Crippen molar-refractivity contribution in [2.75, 3.05) is 10.9 Å². The minimum Gasteiger partial charge on any atom is -0.466 e. The van der Waals surface area contributed by atoms with Gasteiger partial charge in [-0.2, -0.15) is 0 Å². The van der Waals surface area contributed by atoms with Crippen LogP contribution in [0.15, 0.2) is 77.7 Å². The van der Waals surface area contributed by atoms with Crippen LogP contribution in [0.3, 0.4) is 0 Å². The maximum Gasteiger partial charge on any atom is 0.306 e. The highest BCUT2D eigenvalue weighted by Crippen LogP contribution is 2.51. The zero-order valence-corrected chi connectivity index (χ0v) is 21.1. The van der Waals surface area contributed by atoms with Gasteiger partial charge in [0.1, 0.15) is 6.04 Å². The molecule has 9 heteroatoms. The molecule has 188 valence electrons. The molecular weight excluding hydrogens is 480 g/mol. The third-order valence-corrected chi connectivity index (χ3v) is 8.33. The molecular formula is C27H28N2O6S. The number of aryl methyl sites for hydroxylation is 2. The number of fused-ring (bicyclic) bond motifs is 1. The Kier molecular flexibility index (Phi) is 7.12. The summed E-state index contributed by atoms with van der Waals surface area (Å²) in [6.07, 6.45) is -0.238. The van der Waals surface area contributed by atoms with E-state index in [1.165, 1.54) is 16.4 Å². The fraction of sp³-hybridized carbons (Fsp3) is 0.296. The van der Waals surface area contributed by atoms with E-state index in [0.29, 0.717) is 22.4 Å². The van der Waals surface area contributed by atoms with Crippen LogP contribution in [0.1, 0.15) is 47.6 Å². The summed E-state index contributed by atoms with van der Waals surface area (Å²) in [4.78, 5) is 24.8. The van der Waals surface area contributed by atoms with Gasteiger partial charge in [-0.25, -0.2) is 8.42 Å². The highest BCUT2D eigenvalue weighted by Gasteiger charge is 2.54. The first-order valence-corrected chi connectivity index (χ1v) is 13.2. The van der Waals surface area contributed by atoms with Crippen molar-refractivity contribution < 1.29 is 22.9 Å². The number of hydrogen-bond acceptors (Lipinski definition) is 6. The average molecular weight is 509 g/mol. The molecule has 8 nitrogen and oxygen atoms in total. The molecule has 3 aromatic rings. The lowest BCUT2D eigenvalue weighted by Gasteiger charge is -2.43. The van der Waals surface area contributed by atoms with Crippen LogP contribution in [0.25, 0.3) is 0 Å². The summed E-state index contributed by atoms with van der Waals surface area (Å²) in [5, 5.41) is 12.7. The third kappa shape index (κ3) is 4.58. The molecule has 36 heavy (non-hydrogen) atoms. The van der Waals surface area contributed by atoms with Gasteiger partial charge in [0.25, 0.3) is 10.0 Å². The molecule has 0 aliphatic carbocycles. The summed E-state index contributed by atoms with van der Waals surface area (Å²) in [5.74, 6) is -1.45. The summed E-state index contributed by atoms with van der Waals surface area (Å²) in [5.41, 5.74) is 2.80. The largest absolute Gasteiger partial charge is 0.466 e. The van der Waals surface area contributed by atoms with Crippen LogP contribution >= 0.6 is 0 Å². The topological polar surface area (TPSA) is 107 Å². The van der Waals surface area contributed by atoms with Crippen molar-refractivity contribution in [1.82, 2.24) is 0 Å². The minimum absolute atomic E-state index is 0.0363. The number of sulfonamides is 1. The molecule has 1 aliphatic heterocycles. The predicted octanol–water partition coefficient (Wildman–Crippen LogP) is 4.94. The van der Waals surface area contributed by atoms with Gasteiger partial charge >= 0.3 is 5.97 Å². The molecule has 1 aliphatic rings. The Balaban J connectivity index is 2.04. The van der Waals surface area contributed by atoms with Gasteiger partial charge in [0.15, 0.2) is 0 Å². The van der Waals surface area contributed by atoms with Gasteiger partial charge in [-0.3, -0.25) is 19.2 Å². The zero-order chi connectivity index (χ0) is 26.0. The fourth-order valence-electron chi connectivity index (χ4n) is 4.93. The average Bonchev–Trinajstić information content (AvgIpc) is 2.84. The van der Waals surface area contributed by atoms with Gasteiger partial charge in [-0.05, 0) is 49.6 Å². The number of para-hydroxylation sites is 1. The third-order valence-electron chi connectivity index (χ3n) is 6.53. The number of carbonyl (C=O) groups is 1. The number of ether oxygens (including phenoxy) is 1. The molecule has 0 unspecified atom stereocenters. The number of rotatable bonds is 7. The number of nitro groups is 1. The second-order valence-electron chi connectivity index (χ2n) is 8.87. The van der Waals surface area contributed by atoms with Crippen molar-refractivity contribution in [1.29, 1.82) is 0 Å². The Morgan fingerprint density at radius 1 is 1.00 bits per heavy atom. The lowest BCUT2D eigenvalue weighted by Crippen LogP contribution is -2.51. The molecule has 0 aromatic heterocycles. The predicted molar refractivity (Wildman–Crippen MR) is 136 cm³/mol. The van der Waals surface area contributed by atoms with E-state index in [-0.39, 0.29) is 17.9 Å². The second-order valence-corrected chi connectivity index (χ2v) is 10.7. The SMILES string of the molecule is CCOC(=O)C[C@@H]1c2cccc(C)c2N(S(=O)(=O)c2ccc(C)cc2)[C@H](c2ccccc2)[C@H]1[N+](=O)[O-]. The van der Waals surface area contributed by atoms with E-state index in [9.17, 15) is 23.3 Å². The highest BCUT2D eigenvalue weighted by atomic mass is 32.2. The van der Waals surface area contributed by atoms with Gasteiger partial charge in [-0.15, -0.1) is 0 Å². The molecule has 3 atom stereocenters. The summed E-state index contributed by atoms with van der Waals surface area (Å²) in [6.45, 7) is 5.44. The van der Waals surface area contributed by atoms with Crippen molar-refractivity contribution in [3.8, 4) is 0 Å². The van der Waals surface area contributed by atoms with Gasteiger partial charge in [0.2, 0.25) is 6.04 Å². The fourth-order valence-corrected chi connectivity index (χ4v) is 6.67. The quantitative estimate of drug-likeness (QED) is 0.254. The number of hydrogen-bond donors (Lipinski definition) is 0. The molecule has 0 radical (unpaired) electrons. The summed E-state index contributed by atoms with van der Waals surface area (Å²) in [6, 6.07) is 17.5. The molecule has 0 saturated heterocycles. The van der Waals surface area contributed by atoms with Crippen LogP contribution in [0.2, 0.25) is 0 Å². The van der Waals surface area contributed by atoms with Gasteiger partial charge < -0.3 is 4.74 Å². The number of anilines is 1. The van der Waals surface area contributed by atoms with E-state index >= 15 is 0 Å². The molecule has 1 heterocycles. The minimum atomic E-state index is -4.23. The van der Waals surface area contributed by atoms with Crippen LogP contribution in [0, 0.1) is 24.0 Å². The number of carbonyl (C=O) groups excluding carboxylic acids is 1. The molecule has 0 spiro atoms. The van der Waals surface area contributed by atoms with Crippen molar-refractivity contribution in [3.05, 3.63) is 105 Å². The second kappa shape index (κ2) is 10.1. The monoisotopic (exact) mass is 508 g/mol. The maximum atomic E-state index is 14.2. The molecule has 0 amide bonds. The van der Waals surface area contributed by atoms with Crippen LogP contribution in [0.4, 0.5) is 5.69 Å². The van der Waals surface area contributed by atoms with Crippen molar-refractivity contribution >= 4 is 21.7 Å². The smallest absolute Gasteiger partial charge is 0.306 e. The van der Waals surface area contributed by atoms with E-state index in [0.717, 1.165) is 5.56 Å². The molecule has 0 saturated carbocycles. The Labute approximate surface area is 210 Å². The Bertz CT molecular complexity index is 1370. The van der Waals surface area contributed by atoms with Crippen LogP contribution in [-0.2, 0) is 19.6 Å². The van der Waals surface area contributed by atoms with Crippen molar-refractivity contribution in [2.45, 2.75) is 50.1 Å². The first-order chi connectivity index (χ1) is 17.2. The van der Waals surface area contributed by atoms with Gasteiger partial charge in [-0.1, -0.05) is 66.2 Å². The molecule has 3 aromatic carbocycles. The number of benzene rings is 3. The standard InChI is InChI=1S/C27H28N2O6S/c1-4-35-24(30)17-23-22-12-8-9-19(3)25(22)28(36(33,34)21-15-13-18(2)14-16-21)26(27(23)29(31)32)20-10-6-5-7-11-20/h5-16,23,26-27H,4,17H2,1-3H3/t23-,26-,27+/m1/s1. The van der Waals surface area contributed by atoms with Crippen LogP contribution in [0.5, 0.6) is 0 Å². The zero-order valence-electron chi connectivity index (χ0n) is 20.3. The van der Waals surface area contributed by atoms with Crippen LogP contribution < -0.4 is 4.31 Å². The summed E-state index contributed by atoms with van der Waals surface area (Å²) < 4.78 is 34.7. The molecule has 4 rings (SSSR count). The number of esters is 1. The van der Waals surface area contributed by atoms with E-state index in [2.05, 4.69) is 0 Å². The first-order valence-electron chi connectivity index (χ1n) is 11.7. The van der Waals surface area contributed by atoms with E-state index < -0.39 is 38.9 Å².